The summed E-state index contributed by atoms with van der Waals surface area (Å²) in [7, 11) is 0. The summed E-state index contributed by atoms with van der Waals surface area (Å²) in [6, 6.07) is -3.69. The van der Waals surface area contributed by atoms with Crippen LogP contribution >= 0.6 is 0 Å². The van der Waals surface area contributed by atoms with Gasteiger partial charge in [0.05, 0.1) is 0 Å². The van der Waals surface area contributed by atoms with Crippen molar-refractivity contribution in [2.24, 2.45) is 5.41 Å². The summed E-state index contributed by atoms with van der Waals surface area (Å²) in [5, 5.41) is 6.90. The molecule has 0 spiro atoms. The van der Waals surface area contributed by atoms with E-state index >= 15 is 0 Å². The van der Waals surface area contributed by atoms with Crippen LogP contribution in [0.4, 0.5) is 18.0 Å². The molecule has 1 aliphatic heterocycles. The maximum Gasteiger partial charge on any atom is 0.408 e. The molecule has 0 aromatic heterocycles. The summed E-state index contributed by atoms with van der Waals surface area (Å²) in [6.45, 7) is 5.53. The van der Waals surface area contributed by atoms with Crippen LogP contribution in [0.5, 0.6) is 0 Å². The van der Waals surface area contributed by atoms with E-state index in [1.54, 1.807) is 20.8 Å². The third-order valence-corrected chi connectivity index (χ3v) is 3.36. The normalized spacial score (nSPS) is 21.5. The number of alkyl halides is 3. The Hall–Kier alpha value is -1.47. The molecule has 0 aliphatic carbocycles. The van der Waals surface area contributed by atoms with Gasteiger partial charge in [-0.15, -0.1) is 0 Å². The van der Waals surface area contributed by atoms with E-state index in [1.165, 1.54) is 0 Å². The Kier molecular flexibility index (Phi) is 6.08. The number of halogens is 3. The van der Waals surface area contributed by atoms with Gasteiger partial charge in [0.15, 0.2) is 0 Å². The molecule has 0 bridgehead atoms. The van der Waals surface area contributed by atoms with E-state index < -0.39 is 29.7 Å². The van der Waals surface area contributed by atoms with Gasteiger partial charge < -0.3 is 16.0 Å². The van der Waals surface area contributed by atoms with Crippen LogP contribution in [0.2, 0.25) is 0 Å². The minimum absolute atomic E-state index is 0.235. The van der Waals surface area contributed by atoms with Crippen molar-refractivity contribution < 1.29 is 22.8 Å². The molecule has 128 valence electrons. The minimum Gasteiger partial charge on any atom is -0.354 e. The first-order chi connectivity index (χ1) is 9.99. The Morgan fingerprint density at radius 1 is 1.32 bits per heavy atom. The van der Waals surface area contributed by atoms with E-state index in [2.05, 4.69) is 10.6 Å². The van der Waals surface area contributed by atoms with Crippen molar-refractivity contribution >= 4 is 11.9 Å². The first kappa shape index (κ1) is 18.6. The second-order valence-corrected chi connectivity index (χ2v) is 6.82. The molecular weight excluding hydrogens is 299 g/mol. The van der Waals surface area contributed by atoms with Crippen molar-refractivity contribution in [3.05, 3.63) is 0 Å². The molecule has 0 radical (unpaired) electrons. The van der Waals surface area contributed by atoms with Crippen LogP contribution in [0.15, 0.2) is 0 Å². The summed E-state index contributed by atoms with van der Waals surface area (Å²) < 4.78 is 39.0. The molecule has 8 heteroatoms. The van der Waals surface area contributed by atoms with Crippen LogP contribution in [-0.2, 0) is 4.79 Å². The lowest BCUT2D eigenvalue weighted by molar-refractivity contribution is -0.159. The Labute approximate surface area is 128 Å². The summed E-state index contributed by atoms with van der Waals surface area (Å²) in [4.78, 5) is 23.5. The highest BCUT2D eigenvalue weighted by molar-refractivity contribution is 5.87. The monoisotopic (exact) mass is 323 g/mol. The SMILES string of the molecule is CC(C)(C)CC(NC(=O)NC1CCCCNC1=O)C(F)(F)F. The van der Waals surface area contributed by atoms with Gasteiger partial charge in [-0.1, -0.05) is 20.8 Å². The van der Waals surface area contributed by atoms with Crippen molar-refractivity contribution in [2.45, 2.75) is 64.7 Å². The number of nitrogens with one attached hydrogen (secondary N) is 3. The number of carbonyl (C=O) groups is 2. The summed E-state index contributed by atoms with van der Waals surface area (Å²) in [5.41, 5.74) is -0.590. The molecule has 22 heavy (non-hydrogen) atoms. The summed E-state index contributed by atoms with van der Waals surface area (Å²) in [6.07, 6.45) is -2.82. The van der Waals surface area contributed by atoms with Gasteiger partial charge in [0.1, 0.15) is 12.1 Å². The Bertz CT molecular complexity index is 405. The minimum atomic E-state index is -4.53. The smallest absolute Gasteiger partial charge is 0.354 e. The fourth-order valence-electron chi connectivity index (χ4n) is 2.30. The number of rotatable bonds is 3. The molecule has 1 rings (SSSR count). The Morgan fingerprint density at radius 3 is 2.50 bits per heavy atom. The highest BCUT2D eigenvalue weighted by atomic mass is 19.4. The van der Waals surface area contributed by atoms with Gasteiger partial charge in [0.2, 0.25) is 5.91 Å². The fraction of sp³-hybridized carbons (Fsp3) is 0.857. The molecule has 0 aromatic rings. The topological polar surface area (TPSA) is 70.2 Å². The number of amides is 3. The maximum atomic E-state index is 13.0. The lowest BCUT2D eigenvalue weighted by atomic mass is 9.88. The zero-order valence-electron chi connectivity index (χ0n) is 13.1. The van der Waals surface area contributed by atoms with Gasteiger partial charge in [-0.3, -0.25) is 4.79 Å². The third kappa shape index (κ3) is 6.53. The molecule has 3 N–H and O–H groups in total. The zero-order chi connectivity index (χ0) is 17.0. The molecule has 5 nitrogen and oxygen atoms in total. The molecule has 2 unspecified atom stereocenters. The number of hydrogen-bond acceptors (Lipinski definition) is 2. The highest BCUT2D eigenvalue weighted by Gasteiger charge is 2.43. The average Bonchev–Trinajstić information content (AvgIpc) is 2.51. The lowest BCUT2D eigenvalue weighted by Crippen LogP contribution is -2.55. The first-order valence-electron chi connectivity index (χ1n) is 7.40. The number of hydrogen-bond donors (Lipinski definition) is 3. The van der Waals surface area contributed by atoms with E-state index in [1.807, 2.05) is 5.32 Å². The Balaban J connectivity index is 2.64. The predicted molar refractivity (Wildman–Crippen MR) is 76.2 cm³/mol. The van der Waals surface area contributed by atoms with Crippen LogP contribution in [0.25, 0.3) is 0 Å². The van der Waals surface area contributed by atoms with Crippen LogP contribution in [0, 0.1) is 5.41 Å². The van der Waals surface area contributed by atoms with E-state index in [0.29, 0.717) is 13.0 Å². The summed E-state index contributed by atoms with van der Waals surface area (Å²) in [5.74, 6) is -0.355. The third-order valence-electron chi connectivity index (χ3n) is 3.36. The Morgan fingerprint density at radius 2 is 1.95 bits per heavy atom. The molecule has 3 amide bonds. The molecule has 0 saturated carbocycles. The van der Waals surface area contributed by atoms with Crippen LogP contribution in [0.3, 0.4) is 0 Å². The first-order valence-corrected chi connectivity index (χ1v) is 7.40. The maximum absolute atomic E-state index is 13.0. The molecule has 1 fully saturated rings. The van der Waals surface area contributed by atoms with Gasteiger partial charge >= 0.3 is 12.2 Å². The molecule has 0 aromatic carbocycles. The molecule has 2 atom stereocenters. The predicted octanol–water partition coefficient (Wildman–Crippen LogP) is 2.32. The van der Waals surface area contributed by atoms with E-state index in [4.69, 9.17) is 0 Å². The van der Waals surface area contributed by atoms with Crippen LogP contribution < -0.4 is 16.0 Å². The van der Waals surface area contributed by atoms with Gasteiger partial charge in [-0.05, 0) is 31.1 Å². The summed E-state index contributed by atoms with van der Waals surface area (Å²) >= 11 is 0. The molecular formula is C14H24F3N3O2. The number of carbonyl (C=O) groups excluding carboxylic acids is 2. The van der Waals surface area contributed by atoms with Crippen molar-refractivity contribution in [1.29, 1.82) is 0 Å². The largest absolute Gasteiger partial charge is 0.408 e. The standard InChI is InChI=1S/C14H24F3N3O2/c1-13(2,3)8-10(14(15,16)17)20-12(22)19-9-6-4-5-7-18-11(9)21/h9-10H,4-8H2,1-3H3,(H,18,21)(H2,19,20,22). The number of urea groups is 1. The van der Waals surface area contributed by atoms with Gasteiger partial charge in [-0.2, -0.15) is 13.2 Å². The second-order valence-electron chi connectivity index (χ2n) is 6.82. The van der Waals surface area contributed by atoms with E-state index in [-0.39, 0.29) is 12.3 Å². The highest BCUT2D eigenvalue weighted by Crippen LogP contribution is 2.30. The van der Waals surface area contributed by atoms with Gasteiger partial charge in [0.25, 0.3) is 0 Å². The van der Waals surface area contributed by atoms with Crippen molar-refractivity contribution in [3.8, 4) is 0 Å². The van der Waals surface area contributed by atoms with Crippen molar-refractivity contribution in [1.82, 2.24) is 16.0 Å². The van der Waals surface area contributed by atoms with Crippen LogP contribution in [-0.4, -0.2) is 36.7 Å². The molecule has 1 aliphatic rings. The van der Waals surface area contributed by atoms with E-state index in [9.17, 15) is 22.8 Å². The second kappa shape index (κ2) is 7.19. The van der Waals surface area contributed by atoms with Gasteiger partial charge in [-0.25, -0.2) is 4.79 Å². The average molecular weight is 323 g/mol. The van der Waals surface area contributed by atoms with Crippen molar-refractivity contribution in [2.75, 3.05) is 6.54 Å². The molecule has 1 saturated heterocycles. The van der Waals surface area contributed by atoms with Crippen LogP contribution in [0.1, 0.15) is 46.5 Å². The van der Waals surface area contributed by atoms with E-state index in [0.717, 1.165) is 12.8 Å². The molecule has 1 heterocycles. The fourth-order valence-corrected chi connectivity index (χ4v) is 2.30. The van der Waals surface area contributed by atoms with Gasteiger partial charge in [0, 0.05) is 6.54 Å². The quantitative estimate of drug-likeness (QED) is 0.746. The lowest BCUT2D eigenvalue weighted by Gasteiger charge is -2.29. The zero-order valence-corrected chi connectivity index (χ0v) is 13.1. The van der Waals surface area contributed by atoms with Crippen molar-refractivity contribution in [3.63, 3.8) is 0 Å².